The summed E-state index contributed by atoms with van der Waals surface area (Å²) in [6, 6.07) is 14.4. The van der Waals surface area contributed by atoms with Crippen molar-refractivity contribution in [3.63, 3.8) is 0 Å². The third-order valence-corrected chi connectivity index (χ3v) is 10.8. The average Bonchev–Trinajstić information content (AvgIpc) is 3.71. The minimum absolute atomic E-state index is 0.123. The van der Waals surface area contributed by atoms with E-state index < -0.39 is 66.1 Å². The van der Waals surface area contributed by atoms with Gasteiger partial charge >= 0.3 is 5.97 Å². The number of nitrogens with zero attached hydrogens (tertiary/aromatic N) is 3. The summed E-state index contributed by atoms with van der Waals surface area (Å²) in [6.07, 6.45) is 2.73. The fraction of sp³-hybridized carbons (Fsp3) is 0.459. The van der Waals surface area contributed by atoms with E-state index in [1.807, 2.05) is 37.3 Å². The number of fused-ring (bicyclic) bond motifs is 1. The second-order valence-corrected chi connectivity index (χ2v) is 13.9. The third-order valence-electron chi connectivity index (χ3n) is 9.97. The average molecular weight is 739 g/mol. The Bertz CT molecular complexity index is 1550. The van der Waals surface area contributed by atoms with E-state index >= 15 is 0 Å². The Kier molecular flexibility index (Phi) is 11.3. The highest BCUT2D eigenvalue weighted by molar-refractivity contribution is 9.09. The summed E-state index contributed by atoms with van der Waals surface area (Å²) in [5.74, 6) is -3.11. The lowest BCUT2D eigenvalue weighted by Gasteiger charge is -2.37. The smallest absolute Gasteiger partial charge is 0.313 e. The van der Waals surface area contributed by atoms with E-state index in [1.54, 1.807) is 55.5 Å². The molecule has 0 aliphatic carbocycles. The van der Waals surface area contributed by atoms with Crippen LogP contribution in [-0.4, -0.2) is 101 Å². The van der Waals surface area contributed by atoms with Gasteiger partial charge in [-0.1, -0.05) is 58.4 Å². The first kappa shape index (κ1) is 36.3. The summed E-state index contributed by atoms with van der Waals surface area (Å²) >= 11 is 3.70. The number of aliphatic hydroxyl groups is 1. The predicted octanol–water partition coefficient (Wildman–Crippen LogP) is 4.05. The number of allylic oxidation sites excluding steroid dienone is 1. The zero-order chi connectivity index (χ0) is 35.5. The molecule has 2 aromatic carbocycles. The topological polar surface area (TPSA) is 126 Å². The Labute approximate surface area is 295 Å². The molecule has 3 aliphatic rings. The Morgan fingerprint density at radius 2 is 1.84 bits per heavy atom. The Morgan fingerprint density at radius 1 is 1.14 bits per heavy atom. The first-order valence-electron chi connectivity index (χ1n) is 16.5. The van der Waals surface area contributed by atoms with E-state index in [9.17, 15) is 24.3 Å². The Morgan fingerprint density at radius 3 is 2.45 bits per heavy atom. The number of hydrogen-bond acceptors (Lipinski definition) is 8. The fourth-order valence-electron chi connectivity index (χ4n) is 7.51. The van der Waals surface area contributed by atoms with E-state index in [0.717, 1.165) is 0 Å². The molecule has 3 fully saturated rings. The maximum absolute atomic E-state index is 14.6. The highest BCUT2D eigenvalue weighted by atomic mass is 79.9. The van der Waals surface area contributed by atoms with Crippen LogP contribution in [0.25, 0.3) is 0 Å². The van der Waals surface area contributed by atoms with Gasteiger partial charge < -0.3 is 34.0 Å². The van der Waals surface area contributed by atoms with E-state index in [-0.39, 0.29) is 30.2 Å². The number of likely N-dealkylation sites (tertiary alicyclic amines) is 1. The van der Waals surface area contributed by atoms with Crippen molar-refractivity contribution in [3.05, 3.63) is 85.5 Å². The van der Waals surface area contributed by atoms with Gasteiger partial charge in [0.05, 0.1) is 37.7 Å². The van der Waals surface area contributed by atoms with E-state index in [4.69, 9.17) is 14.2 Å². The van der Waals surface area contributed by atoms with Crippen molar-refractivity contribution in [1.82, 2.24) is 9.80 Å². The number of benzene rings is 2. The number of halogens is 1. The molecular weight excluding hydrogens is 694 g/mol. The number of hydrogen-bond donors (Lipinski definition) is 1. The lowest BCUT2D eigenvalue weighted by molar-refractivity contribution is -0.164. The first-order valence-corrected chi connectivity index (χ1v) is 17.4. The van der Waals surface area contributed by atoms with Gasteiger partial charge in [0.15, 0.2) is 0 Å². The quantitative estimate of drug-likeness (QED) is 0.165. The number of alkyl halides is 1. The number of aliphatic hydroxyl groups excluding tert-OH is 1. The molecule has 3 saturated heterocycles. The molecule has 49 heavy (non-hydrogen) atoms. The minimum atomic E-state index is -1.36. The molecule has 0 radical (unpaired) electrons. The van der Waals surface area contributed by atoms with E-state index in [1.165, 1.54) is 9.80 Å². The molecule has 12 heteroatoms. The van der Waals surface area contributed by atoms with Gasteiger partial charge in [0, 0.05) is 37.1 Å². The molecule has 2 aromatic rings. The summed E-state index contributed by atoms with van der Waals surface area (Å²) in [4.78, 5) is 60.4. The van der Waals surface area contributed by atoms with Gasteiger partial charge in [-0.3, -0.25) is 19.2 Å². The number of carbonyl (C=O) groups is 4. The lowest BCUT2D eigenvalue weighted by atomic mass is 9.70. The number of carbonyl (C=O) groups excluding carboxylic acids is 4. The van der Waals surface area contributed by atoms with Crippen molar-refractivity contribution < 1.29 is 38.5 Å². The molecule has 3 heterocycles. The number of likely N-dealkylation sites (N-methyl/N-ethyl adjacent to an activating group) is 1. The van der Waals surface area contributed by atoms with Crippen LogP contribution in [0.15, 0.2) is 79.9 Å². The molecule has 262 valence electrons. The number of amides is 3. The molecule has 1 N–H and O–H groups in total. The van der Waals surface area contributed by atoms with Crippen LogP contribution in [0.4, 0.5) is 5.69 Å². The van der Waals surface area contributed by atoms with Gasteiger partial charge in [-0.25, -0.2) is 0 Å². The number of esters is 1. The normalized spacial score (nSPS) is 26.4. The predicted molar refractivity (Wildman–Crippen MR) is 187 cm³/mol. The highest BCUT2D eigenvalue weighted by Gasteiger charge is 2.77. The molecule has 1 spiro atoms. The van der Waals surface area contributed by atoms with Gasteiger partial charge in [-0.05, 0) is 49.6 Å². The summed E-state index contributed by atoms with van der Waals surface area (Å²) in [5.41, 5.74) is -0.108. The van der Waals surface area contributed by atoms with Gasteiger partial charge in [0.2, 0.25) is 11.8 Å². The van der Waals surface area contributed by atoms with Crippen LogP contribution in [-0.2, 0) is 28.7 Å². The fourth-order valence-corrected chi connectivity index (χ4v) is 8.45. The van der Waals surface area contributed by atoms with Crippen molar-refractivity contribution in [1.29, 1.82) is 0 Å². The van der Waals surface area contributed by atoms with Crippen LogP contribution < -0.4 is 9.64 Å². The number of rotatable bonds is 15. The van der Waals surface area contributed by atoms with Crippen LogP contribution in [0, 0.1) is 11.8 Å². The van der Waals surface area contributed by atoms with Gasteiger partial charge in [0.1, 0.15) is 23.5 Å². The Balaban J connectivity index is 1.49. The molecule has 8 atom stereocenters. The van der Waals surface area contributed by atoms with Crippen LogP contribution in [0.5, 0.6) is 5.75 Å². The maximum Gasteiger partial charge on any atom is 0.313 e. The monoisotopic (exact) mass is 737 g/mol. The summed E-state index contributed by atoms with van der Waals surface area (Å²) in [6.45, 7) is 8.98. The highest BCUT2D eigenvalue weighted by Crippen LogP contribution is 2.60. The zero-order valence-electron chi connectivity index (χ0n) is 28.1. The van der Waals surface area contributed by atoms with Crippen molar-refractivity contribution in [2.24, 2.45) is 11.8 Å². The van der Waals surface area contributed by atoms with Gasteiger partial charge in [0.25, 0.3) is 5.91 Å². The second-order valence-electron chi connectivity index (χ2n) is 12.7. The largest absolute Gasteiger partial charge is 0.497 e. The van der Waals surface area contributed by atoms with E-state index in [2.05, 4.69) is 29.1 Å². The van der Waals surface area contributed by atoms with Crippen LogP contribution in [0.3, 0.4) is 0 Å². The zero-order valence-corrected chi connectivity index (χ0v) is 29.7. The first-order chi connectivity index (χ1) is 23.5. The van der Waals surface area contributed by atoms with Crippen LogP contribution in [0.1, 0.15) is 37.9 Å². The molecular formula is C37H44BrN3O8. The van der Waals surface area contributed by atoms with Crippen LogP contribution in [0.2, 0.25) is 0 Å². The van der Waals surface area contributed by atoms with Crippen LogP contribution >= 0.6 is 15.9 Å². The molecule has 3 amide bonds. The summed E-state index contributed by atoms with van der Waals surface area (Å²) in [7, 11) is 3.22. The number of anilines is 1. The van der Waals surface area contributed by atoms with Crippen molar-refractivity contribution in [3.8, 4) is 5.75 Å². The molecule has 11 nitrogen and oxygen atoms in total. The maximum atomic E-state index is 14.6. The molecule has 3 aliphatic heterocycles. The number of methoxy groups -OCH3 is 1. The molecule has 5 rings (SSSR count). The molecule has 1 unspecified atom stereocenters. The number of β-amino-alcohol motifs (C(OH)–C–C–N with tert-alkyl or cyclic N) is 1. The minimum Gasteiger partial charge on any atom is -0.497 e. The standard InChI is InChI=1S/C37H44BrN3O8/c1-6-8-14-28(43)39(4)23(3)31(24-12-10-9-11-13-24)48-36(46)29-30-34(44)41(20-21-42)33(37(30)22-27(38)32(29)49-37)35(45)40(19-7-2)25-15-17-26(47-5)18-16-25/h6-7,9-13,15-18,23,27,29-33,42H,1-2,8,14,19-22H2,3-5H3/t23-,27?,29-,30+,31+,32-,33-,37+/m1/s1. The summed E-state index contributed by atoms with van der Waals surface area (Å²) in [5, 5.41) is 10.0. The van der Waals surface area contributed by atoms with Crippen molar-refractivity contribution in [2.45, 2.75) is 60.9 Å². The summed E-state index contributed by atoms with van der Waals surface area (Å²) < 4.78 is 18.2. The Hall–Kier alpha value is -4.00. The molecule has 2 bridgehead atoms. The van der Waals surface area contributed by atoms with Crippen molar-refractivity contribution in [2.75, 3.05) is 38.8 Å². The lowest BCUT2D eigenvalue weighted by Crippen LogP contribution is -2.57. The second kappa shape index (κ2) is 15.3. The molecule has 0 saturated carbocycles. The van der Waals surface area contributed by atoms with E-state index in [0.29, 0.717) is 29.8 Å². The van der Waals surface area contributed by atoms with Gasteiger partial charge in [-0.15, -0.1) is 13.2 Å². The SMILES string of the molecule is C=CCCC(=O)N(C)[C@H](C)[C@H](OC(=O)[C@H]1[C@@H]2O[C@@]3(CC2Br)[C@@H]1C(=O)N(CCO)[C@@H]3C(=O)N(CC=C)c1ccc(OC)cc1)c1ccccc1. The third kappa shape index (κ3) is 6.65. The van der Waals surface area contributed by atoms with Crippen molar-refractivity contribution >= 4 is 45.3 Å². The molecule has 0 aromatic heterocycles. The van der Waals surface area contributed by atoms with Gasteiger partial charge in [-0.2, -0.15) is 0 Å². The number of ether oxygens (including phenoxy) is 3.